The number of benzene rings is 1. The van der Waals surface area contributed by atoms with Crippen LogP contribution >= 0.6 is 0 Å². The van der Waals surface area contributed by atoms with Gasteiger partial charge in [0.1, 0.15) is 0 Å². The lowest BCUT2D eigenvalue weighted by atomic mass is 9.89. The van der Waals surface area contributed by atoms with Crippen LogP contribution in [0.3, 0.4) is 0 Å². The first kappa shape index (κ1) is 10.3. The van der Waals surface area contributed by atoms with Crippen molar-refractivity contribution >= 4 is 0 Å². The fourth-order valence-electron chi connectivity index (χ4n) is 1.84. The van der Waals surface area contributed by atoms with Gasteiger partial charge in [-0.1, -0.05) is 19.9 Å². The molecule has 0 nitrogen and oxygen atoms in total. The fourth-order valence-corrected chi connectivity index (χ4v) is 1.84. The van der Waals surface area contributed by atoms with E-state index in [1.54, 1.807) is 0 Å². The average molecular weight is 176 g/mol. The zero-order chi connectivity index (χ0) is 10.2. The molecule has 1 aromatic rings. The van der Waals surface area contributed by atoms with Crippen LogP contribution in [0.15, 0.2) is 6.07 Å². The largest absolute Gasteiger partial charge is 0.0587 e. The molecular weight excluding hydrogens is 156 g/mol. The fraction of sp³-hybridized carbons (Fsp3) is 0.538. The van der Waals surface area contributed by atoms with Crippen molar-refractivity contribution in [3.05, 3.63) is 33.9 Å². The molecule has 0 aliphatic rings. The zero-order valence-electron chi connectivity index (χ0n) is 9.65. The topological polar surface area (TPSA) is 0 Å². The Kier molecular flexibility index (Phi) is 2.80. The van der Waals surface area contributed by atoms with E-state index < -0.39 is 0 Å². The molecule has 0 atom stereocenters. The van der Waals surface area contributed by atoms with Gasteiger partial charge in [-0.05, 0) is 61.4 Å². The first-order valence-electron chi connectivity index (χ1n) is 5.02. The normalized spacial score (nSPS) is 11.0. The van der Waals surface area contributed by atoms with Crippen LogP contribution in [-0.4, -0.2) is 0 Å². The molecule has 0 saturated carbocycles. The van der Waals surface area contributed by atoms with Crippen LogP contribution in [0.25, 0.3) is 0 Å². The van der Waals surface area contributed by atoms with Gasteiger partial charge >= 0.3 is 0 Å². The Hall–Kier alpha value is -0.780. The summed E-state index contributed by atoms with van der Waals surface area (Å²) in [6, 6.07) is 2.34. The molecular formula is C13H20. The highest BCUT2D eigenvalue weighted by atomic mass is 14.1. The minimum atomic E-state index is 0.637. The molecule has 1 aromatic carbocycles. The standard InChI is InChI=1S/C13H20/c1-8(2)13-7-9(3)10(4)11(5)12(13)6/h7-8H,1-6H3. The van der Waals surface area contributed by atoms with Crippen LogP contribution in [0.4, 0.5) is 0 Å². The number of hydrogen-bond donors (Lipinski definition) is 0. The van der Waals surface area contributed by atoms with E-state index in [2.05, 4.69) is 47.6 Å². The molecule has 0 N–H and O–H groups in total. The Morgan fingerprint density at radius 3 is 1.85 bits per heavy atom. The van der Waals surface area contributed by atoms with Gasteiger partial charge in [0, 0.05) is 0 Å². The van der Waals surface area contributed by atoms with Crippen molar-refractivity contribution in [1.82, 2.24) is 0 Å². The van der Waals surface area contributed by atoms with E-state index in [9.17, 15) is 0 Å². The monoisotopic (exact) mass is 176 g/mol. The van der Waals surface area contributed by atoms with Gasteiger partial charge in [0.25, 0.3) is 0 Å². The molecule has 0 radical (unpaired) electrons. The van der Waals surface area contributed by atoms with Gasteiger partial charge < -0.3 is 0 Å². The highest BCUT2D eigenvalue weighted by molar-refractivity contribution is 5.44. The molecule has 1 rings (SSSR count). The third-order valence-corrected chi connectivity index (χ3v) is 3.14. The molecule has 72 valence electrons. The van der Waals surface area contributed by atoms with Gasteiger partial charge in [-0.3, -0.25) is 0 Å². The summed E-state index contributed by atoms with van der Waals surface area (Å²) in [6.07, 6.45) is 0. The van der Waals surface area contributed by atoms with Gasteiger partial charge in [0.05, 0.1) is 0 Å². The number of aryl methyl sites for hydroxylation is 1. The molecule has 0 saturated heterocycles. The maximum Gasteiger partial charge on any atom is -0.0216 e. The van der Waals surface area contributed by atoms with Crippen LogP contribution in [0, 0.1) is 27.7 Å². The Morgan fingerprint density at radius 1 is 0.846 bits per heavy atom. The maximum absolute atomic E-state index is 2.34. The number of hydrogen-bond acceptors (Lipinski definition) is 0. The summed E-state index contributed by atoms with van der Waals surface area (Å²) in [5.74, 6) is 0.637. The molecule has 0 spiro atoms. The molecule has 0 aliphatic carbocycles. The molecule has 13 heavy (non-hydrogen) atoms. The van der Waals surface area contributed by atoms with E-state index in [0.717, 1.165) is 0 Å². The summed E-state index contributed by atoms with van der Waals surface area (Å²) in [7, 11) is 0. The lowest BCUT2D eigenvalue weighted by Crippen LogP contribution is -1.99. The summed E-state index contributed by atoms with van der Waals surface area (Å²) < 4.78 is 0. The van der Waals surface area contributed by atoms with Crippen LogP contribution in [0.1, 0.15) is 47.6 Å². The van der Waals surface area contributed by atoms with Crippen LogP contribution in [0.5, 0.6) is 0 Å². The highest BCUT2D eigenvalue weighted by Crippen LogP contribution is 2.26. The Balaban J connectivity index is 3.41. The van der Waals surface area contributed by atoms with Crippen molar-refractivity contribution in [2.75, 3.05) is 0 Å². The van der Waals surface area contributed by atoms with Gasteiger partial charge in [-0.2, -0.15) is 0 Å². The second-order valence-corrected chi connectivity index (χ2v) is 4.31. The lowest BCUT2D eigenvalue weighted by molar-refractivity contribution is 0.849. The predicted molar refractivity (Wildman–Crippen MR) is 59.5 cm³/mol. The van der Waals surface area contributed by atoms with Crippen LogP contribution in [-0.2, 0) is 0 Å². The molecule has 0 amide bonds. The highest BCUT2D eigenvalue weighted by Gasteiger charge is 2.08. The quantitative estimate of drug-likeness (QED) is 0.605. The maximum atomic E-state index is 2.34. The minimum absolute atomic E-state index is 0.637. The molecule has 0 heterocycles. The van der Waals surface area contributed by atoms with Crippen LogP contribution in [0.2, 0.25) is 0 Å². The van der Waals surface area contributed by atoms with Crippen molar-refractivity contribution in [3.63, 3.8) is 0 Å². The number of rotatable bonds is 1. The van der Waals surface area contributed by atoms with E-state index in [4.69, 9.17) is 0 Å². The smallest absolute Gasteiger partial charge is 0.0216 e. The summed E-state index contributed by atoms with van der Waals surface area (Å²) in [5, 5.41) is 0. The Bertz CT molecular complexity index is 319. The second kappa shape index (κ2) is 3.53. The van der Waals surface area contributed by atoms with Crippen molar-refractivity contribution in [2.24, 2.45) is 0 Å². The van der Waals surface area contributed by atoms with E-state index in [-0.39, 0.29) is 0 Å². The average Bonchev–Trinajstić information content (AvgIpc) is 2.07. The van der Waals surface area contributed by atoms with Crippen molar-refractivity contribution < 1.29 is 0 Å². The van der Waals surface area contributed by atoms with Crippen LogP contribution < -0.4 is 0 Å². The van der Waals surface area contributed by atoms with Crippen molar-refractivity contribution in [1.29, 1.82) is 0 Å². The summed E-state index contributed by atoms with van der Waals surface area (Å²) in [4.78, 5) is 0. The van der Waals surface area contributed by atoms with E-state index in [1.807, 2.05) is 0 Å². The molecule has 0 unspecified atom stereocenters. The zero-order valence-corrected chi connectivity index (χ0v) is 9.65. The molecule has 0 aliphatic heterocycles. The van der Waals surface area contributed by atoms with Crippen molar-refractivity contribution in [3.8, 4) is 0 Å². The molecule has 0 bridgehead atoms. The summed E-state index contributed by atoms with van der Waals surface area (Å²) in [5.41, 5.74) is 7.30. The lowest BCUT2D eigenvalue weighted by Gasteiger charge is -2.16. The SMILES string of the molecule is Cc1cc(C(C)C)c(C)c(C)c1C. The minimum Gasteiger partial charge on any atom is -0.0587 e. The van der Waals surface area contributed by atoms with Gasteiger partial charge in [-0.15, -0.1) is 0 Å². The van der Waals surface area contributed by atoms with Gasteiger partial charge in [0.15, 0.2) is 0 Å². The first-order chi connectivity index (χ1) is 5.95. The molecule has 0 heteroatoms. The molecule has 0 fully saturated rings. The van der Waals surface area contributed by atoms with E-state index in [1.165, 1.54) is 27.8 Å². The summed E-state index contributed by atoms with van der Waals surface area (Å²) >= 11 is 0. The van der Waals surface area contributed by atoms with Crippen molar-refractivity contribution in [2.45, 2.75) is 47.5 Å². The van der Waals surface area contributed by atoms with E-state index in [0.29, 0.717) is 5.92 Å². The Morgan fingerprint density at radius 2 is 1.38 bits per heavy atom. The predicted octanol–water partition coefficient (Wildman–Crippen LogP) is 4.04. The van der Waals surface area contributed by atoms with Gasteiger partial charge in [-0.25, -0.2) is 0 Å². The third kappa shape index (κ3) is 1.77. The van der Waals surface area contributed by atoms with Gasteiger partial charge in [0.2, 0.25) is 0 Å². The second-order valence-electron chi connectivity index (χ2n) is 4.31. The molecule has 0 aromatic heterocycles. The van der Waals surface area contributed by atoms with E-state index >= 15 is 0 Å². The summed E-state index contributed by atoms with van der Waals surface area (Å²) in [6.45, 7) is 13.4. The first-order valence-corrected chi connectivity index (χ1v) is 5.02. The Labute approximate surface area is 82.0 Å². The third-order valence-electron chi connectivity index (χ3n) is 3.14.